The number of ether oxygens (including phenoxy) is 1. The molecule has 1 atom stereocenters. The van der Waals surface area contributed by atoms with E-state index in [0.717, 1.165) is 12.8 Å². The summed E-state index contributed by atoms with van der Waals surface area (Å²) < 4.78 is 7.52. The average molecular weight is 253 g/mol. The van der Waals surface area contributed by atoms with Gasteiger partial charge in [0.25, 0.3) is 0 Å². The highest BCUT2D eigenvalue weighted by Crippen LogP contribution is 2.32. The van der Waals surface area contributed by atoms with Crippen molar-refractivity contribution in [2.75, 3.05) is 7.11 Å². The Bertz CT molecular complexity index is 639. The van der Waals surface area contributed by atoms with Gasteiger partial charge in [-0.15, -0.1) is 0 Å². The molecule has 0 radical (unpaired) electrons. The van der Waals surface area contributed by atoms with Gasteiger partial charge in [0, 0.05) is 11.9 Å². The molecule has 0 amide bonds. The minimum absolute atomic E-state index is 0.299. The van der Waals surface area contributed by atoms with Gasteiger partial charge < -0.3 is 9.30 Å². The Morgan fingerprint density at radius 1 is 1.47 bits per heavy atom. The lowest BCUT2D eigenvalue weighted by molar-refractivity contribution is 0.409. The molecule has 1 aromatic heterocycles. The van der Waals surface area contributed by atoms with Gasteiger partial charge in [-0.3, -0.25) is 0 Å². The van der Waals surface area contributed by atoms with Gasteiger partial charge >= 0.3 is 0 Å². The van der Waals surface area contributed by atoms with Gasteiger partial charge in [-0.05, 0) is 37.0 Å². The van der Waals surface area contributed by atoms with Gasteiger partial charge in [0.15, 0.2) is 0 Å². The first-order valence-electron chi connectivity index (χ1n) is 6.42. The fourth-order valence-corrected chi connectivity index (χ4v) is 2.76. The van der Waals surface area contributed by atoms with E-state index in [1.165, 1.54) is 17.7 Å². The number of nitriles is 1. The van der Waals surface area contributed by atoms with E-state index in [1.807, 2.05) is 30.7 Å². The highest BCUT2D eigenvalue weighted by atomic mass is 16.5. The summed E-state index contributed by atoms with van der Waals surface area (Å²) in [5, 5.41) is 9.03. The molecule has 1 unspecified atom stereocenters. The quantitative estimate of drug-likeness (QED) is 0.826. The van der Waals surface area contributed by atoms with Gasteiger partial charge in [0.2, 0.25) is 0 Å². The first-order chi connectivity index (χ1) is 9.33. The molecule has 4 nitrogen and oxygen atoms in total. The molecule has 2 aromatic rings. The maximum Gasteiger partial charge on any atom is 0.136 e. The predicted molar refractivity (Wildman–Crippen MR) is 71.0 cm³/mol. The number of hydrogen-bond acceptors (Lipinski definition) is 3. The van der Waals surface area contributed by atoms with Gasteiger partial charge in [-0.25, -0.2) is 4.98 Å². The van der Waals surface area contributed by atoms with E-state index in [9.17, 15) is 0 Å². The Labute approximate surface area is 112 Å². The third-order valence-electron chi connectivity index (χ3n) is 3.72. The first-order valence-corrected chi connectivity index (χ1v) is 6.42. The van der Waals surface area contributed by atoms with Crippen molar-refractivity contribution in [3.63, 3.8) is 0 Å². The van der Waals surface area contributed by atoms with Crippen LogP contribution in [-0.2, 0) is 6.42 Å². The monoisotopic (exact) mass is 253 g/mol. The highest BCUT2D eigenvalue weighted by molar-refractivity contribution is 5.46. The molecule has 1 aromatic carbocycles. The van der Waals surface area contributed by atoms with Crippen molar-refractivity contribution >= 4 is 0 Å². The average Bonchev–Trinajstić information content (AvgIpc) is 2.94. The Morgan fingerprint density at radius 2 is 2.37 bits per heavy atom. The molecular weight excluding hydrogens is 238 g/mol. The SMILES string of the molecule is COc1cc(C2CCCc3cncn32)ccc1C#N. The van der Waals surface area contributed by atoms with Crippen LogP contribution in [0.5, 0.6) is 5.75 Å². The molecule has 1 aliphatic heterocycles. The van der Waals surface area contributed by atoms with Crippen LogP contribution >= 0.6 is 0 Å². The van der Waals surface area contributed by atoms with Gasteiger partial charge in [0.1, 0.15) is 11.8 Å². The molecule has 0 saturated heterocycles. The Morgan fingerprint density at radius 3 is 3.16 bits per heavy atom. The van der Waals surface area contributed by atoms with Crippen LogP contribution < -0.4 is 4.74 Å². The second kappa shape index (κ2) is 4.77. The van der Waals surface area contributed by atoms with Crippen molar-refractivity contribution in [1.29, 1.82) is 5.26 Å². The van der Waals surface area contributed by atoms with Crippen LogP contribution in [-0.4, -0.2) is 16.7 Å². The second-order valence-corrected chi connectivity index (χ2v) is 4.77. The van der Waals surface area contributed by atoms with Gasteiger partial charge in [-0.1, -0.05) is 6.07 Å². The highest BCUT2D eigenvalue weighted by Gasteiger charge is 2.21. The summed E-state index contributed by atoms with van der Waals surface area (Å²) in [7, 11) is 1.60. The number of nitrogens with zero attached hydrogens (tertiary/aromatic N) is 3. The van der Waals surface area contributed by atoms with E-state index in [4.69, 9.17) is 10.00 Å². The minimum Gasteiger partial charge on any atom is -0.495 e. The van der Waals surface area contributed by atoms with Crippen molar-refractivity contribution in [3.05, 3.63) is 47.5 Å². The van der Waals surface area contributed by atoms with E-state index in [-0.39, 0.29) is 0 Å². The number of fused-ring (bicyclic) bond motifs is 1. The number of imidazole rings is 1. The number of aromatic nitrogens is 2. The lowest BCUT2D eigenvalue weighted by atomic mass is 9.95. The molecule has 2 heterocycles. The van der Waals surface area contributed by atoms with E-state index < -0.39 is 0 Å². The summed E-state index contributed by atoms with van der Waals surface area (Å²) in [5.74, 6) is 0.646. The summed E-state index contributed by atoms with van der Waals surface area (Å²) in [5.41, 5.74) is 3.03. The van der Waals surface area contributed by atoms with Crippen molar-refractivity contribution in [1.82, 2.24) is 9.55 Å². The normalized spacial score (nSPS) is 17.6. The Kier molecular flexibility index (Phi) is 2.96. The number of hydrogen-bond donors (Lipinski definition) is 0. The molecule has 0 saturated carbocycles. The van der Waals surface area contributed by atoms with Crippen LogP contribution in [0.25, 0.3) is 0 Å². The molecule has 0 N–H and O–H groups in total. The fraction of sp³-hybridized carbons (Fsp3) is 0.333. The summed E-state index contributed by atoms with van der Waals surface area (Å²) in [6.45, 7) is 0. The largest absolute Gasteiger partial charge is 0.495 e. The smallest absolute Gasteiger partial charge is 0.136 e. The fourth-order valence-electron chi connectivity index (χ4n) is 2.76. The minimum atomic E-state index is 0.299. The van der Waals surface area contributed by atoms with E-state index in [1.54, 1.807) is 7.11 Å². The van der Waals surface area contributed by atoms with Gasteiger partial charge in [0.05, 0.1) is 25.0 Å². The molecule has 19 heavy (non-hydrogen) atoms. The van der Waals surface area contributed by atoms with Crippen LogP contribution in [0.15, 0.2) is 30.7 Å². The molecule has 96 valence electrons. The molecule has 0 bridgehead atoms. The van der Waals surface area contributed by atoms with Crippen LogP contribution in [0.4, 0.5) is 0 Å². The van der Waals surface area contributed by atoms with Crippen molar-refractivity contribution in [2.24, 2.45) is 0 Å². The number of rotatable bonds is 2. The topological polar surface area (TPSA) is 50.8 Å². The zero-order chi connectivity index (χ0) is 13.2. The van der Waals surface area contributed by atoms with Crippen LogP contribution in [0, 0.1) is 11.3 Å². The molecule has 0 fully saturated rings. The van der Waals surface area contributed by atoms with Crippen molar-refractivity contribution < 1.29 is 4.74 Å². The summed E-state index contributed by atoms with van der Waals surface area (Å²) in [6.07, 6.45) is 7.18. The zero-order valence-corrected chi connectivity index (χ0v) is 10.8. The second-order valence-electron chi connectivity index (χ2n) is 4.77. The van der Waals surface area contributed by atoms with E-state index in [2.05, 4.69) is 15.6 Å². The van der Waals surface area contributed by atoms with E-state index >= 15 is 0 Å². The van der Waals surface area contributed by atoms with Crippen molar-refractivity contribution in [2.45, 2.75) is 25.3 Å². The predicted octanol–water partition coefficient (Wildman–Crippen LogP) is 2.69. The van der Waals surface area contributed by atoms with Crippen LogP contribution in [0.2, 0.25) is 0 Å². The lowest BCUT2D eigenvalue weighted by Gasteiger charge is -2.26. The molecule has 0 spiro atoms. The maximum atomic E-state index is 9.03. The molecular formula is C15H15N3O. The maximum absolute atomic E-state index is 9.03. The lowest BCUT2D eigenvalue weighted by Crippen LogP contribution is -2.17. The summed E-state index contributed by atoms with van der Waals surface area (Å²) in [6, 6.07) is 8.26. The third kappa shape index (κ3) is 1.97. The van der Waals surface area contributed by atoms with Gasteiger partial charge in [-0.2, -0.15) is 5.26 Å². The number of methoxy groups -OCH3 is 1. The van der Waals surface area contributed by atoms with Crippen LogP contribution in [0.3, 0.4) is 0 Å². The molecule has 0 aliphatic carbocycles. The van der Waals surface area contributed by atoms with Crippen LogP contribution in [0.1, 0.15) is 35.7 Å². The standard InChI is InChI=1S/C15H15N3O/c1-19-15-7-11(5-6-12(15)8-16)14-4-2-3-13-9-17-10-18(13)14/h5-7,9-10,14H,2-4H2,1H3. The third-order valence-corrected chi connectivity index (χ3v) is 3.72. The Hall–Kier alpha value is -2.28. The summed E-state index contributed by atoms with van der Waals surface area (Å²) >= 11 is 0. The first kappa shape index (κ1) is 11.8. The molecule has 4 heteroatoms. The zero-order valence-electron chi connectivity index (χ0n) is 10.8. The molecule has 3 rings (SSSR count). The van der Waals surface area contributed by atoms with Crippen molar-refractivity contribution in [3.8, 4) is 11.8 Å². The Balaban J connectivity index is 2.03. The number of aryl methyl sites for hydroxylation is 1. The summed E-state index contributed by atoms with van der Waals surface area (Å²) in [4.78, 5) is 4.24. The van der Waals surface area contributed by atoms with E-state index in [0.29, 0.717) is 17.4 Å². The number of benzene rings is 1. The molecule has 1 aliphatic rings.